The van der Waals surface area contributed by atoms with Gasteiger partial charge in [-0.15, -0.1) is 0 Å². The molecule has 1 heterocycles. The van der Waals surface area contributed by atoms with Gasteiger partial charge in [0.1, 0.15) is 11.6 Å². The van der Waals surface area contributed by atoms with E-state index in [4.69, 9.17) is 10.00 Å². The van der Waals surface area contributed by atoms with Crippen LogP contribution in [-0.2, 0) is 11.8 Å². The number of aliphatic hydroxyl groups is 1. The fraction of sp³-hybridized carbons (Fsp3) is 0.348. The van der Waals surface area contributed by atoms with Crippen LogP contribution in [-0.4, -0.2) is 29.0 Å². The molecule has 0 aliphatic rings. The summed E-state index contributed by atoms with van der Waals surface area (Å²) in [6, 6.07) is 11.8. The van der Waals surface area contributed by atoms with Crippen molar-refractivity contribution in [2.45, 2.75) is 43.9 Å². The van der Waals surface area contributed by atoms with E-state index in [1.165, 1.54) is 19.2 Å². The van der Waals surface area contributed by atoms with E-state index in [1.54, 1.807) is 32.0 Å². The second kappa shape index (κ2) is 7.89. The highest BCUT2D eigenvalue weighted by Crippen LogP contribution is 2.45. The Labute approximate surface area is 177 Å². The smallest absolute Gasteiger partial charge is 0.417 e. The molecule has 2 N–H and O–H groups in total. The van der Waals surface area contributed by atoms with Gasteiger partial charge < -0.3 is 14.8 Å². The first-order chi connectivity index (χ1) is 14.4. The number of hydrogen-bond donors (Lipinski definition) is 2. The van der Waals surface area contributed by atoms with Crippen molar-refractivity contribution < 1.29 is 27.4 Å². The van der Waals surface area contributed by atoms with E-state index in [0.717, 1.165) is 12.1 Å². The van der Waals surface area contributed by atoms with Crippen LogP contribution in [0.2, 0.25) is 0 Å². The van der Waals surface area contributed by atoms with Crippen LogP contribution in [0.5, 0.6) is 5.75 Å². The molecule has 1 atom stereocenters. The van der Waals surface area contributed by atoms with Gasteiger partial charge in [0.15, 0.2) is 5.60 Å². The topological polar surface area (TPSA) is 69.0 Å². The molecule has 0 spiro atoms. The molecular weight excluding hydrogens is 412 g/mol. The van der Waals surface area contributed by atoms with Gasteiger partial charge in [0.2, 0.25) is 0 Å². The Morgan fingerprint density at radius 2 is 1.81 bits per heavy atom. The minimum atomic E-state index is -4.92. The standard InChI is InChI=1S/C23H22F4N2O2/c1-21(2,18-6-5-16(24)10-20(18)31-3)13-22(30,23(25,26)27)11-17-9-15-8-14(12-28)4-7-19(15)29-17/h4-10,29-30H,11,13H2,1-3H3. The van der Waals surface area contributed by atoms with Gasteiger partial charge in [-0.1, -0.05) is 19.9 Å². The molecule has 1 aromatic heterocycles. The third-order valence-corrected chi connectivity index (χ3v) is 5.44. The largest absolute Gasteiger partial charge is 0.496 e. The fourth-order valence-electron chi connectivity index (χ4n) is 3.99. The maximum Gasteiger partial charge on any atom is 0.417 e. The predicted octanol–water partition coefficient (Wildman–Crippen LogP) is 5.39. The third-order valence-electron chi connectivity index (χ3n) is 5.44. The number of alkyl halides is 3. The van der Waals surface area contributed by atoms with Crippen molar-refractivity contribution in [1.29, 1.82) is 5.26 Å². The fourth-order valence-corrected chi connectivity index (χ4v) is 3.99. The Bertz CT molecular complexity index is 1140. The minimum absolute atomic E-state index is 0.115. The lowest BCUT2D eigenvalue weighted by Gasteiger charge is -2.38. The highest BCUT2D eigenvalue weighted by Gasteiger charge is 2.56. The monoisotopic (exact) mass is 434 g/mol. The van der Waals surface area contributed by atoms with Gasteiger partial charge in [-0.2, -0.15) is 18.4 Å². The van der Waals surface area contributed by atoms with E-state index >= 15 is 0 Å². The number of fused-ring (bicyclic) bond motifs is 1. The highest BCUT2D eigenvalue weighted by molar-refractivity contribution is 5.81. The van der Waals surface area contributed by atoms with Crippen molar-refractivity contribution >= 4 is 10.9 Å². The summed E-state index contributed by atoms with van der Waals surface area (Å²) in [4.78, 5) is 2.89. The number of rotatable bonds is 6. The summed E-state index contributed by atoms with van der Waals surface area (Å²) in [5.41, 5.74) is -2.76. The Kier molecular flexibility index (Phi) is 5.76. The van der Waals surface area contributed by atoms with Gasteiger partial charge in [-0.3, -0.25) is 0 Å². The summed E-state index contributed by atoms with van der Waals surface area (Å²) < 4.78 is 60.9. The molecule has 0 radical (unpaired) electrons. The van der Waals surface area contributed by atoms with Crippen LogP contribution in [0.3, 0.4) is 0 Å². The van der Waals surface area contributed by atoms with Crippen molar-refractivity contribution in [3.05, 3.63) is 65.1 Å². The zero-order valence-electron chi connectivity index (χ0n) is 17.3. The van der Waals surface area contributed by atoms with E-state index in [1.807, 2.05) is 6.07 Å². The molecular formula is C23H22F4N2O2. The third kappa shape index (κ3) is 4.52. The first-order valence-electron chi connectivity index (χ1n) is 9.53. The molecule has 3 aromatic rings. The van der Waals surface area contributed by atoms with Crippen LogP contribution in [0.25, 0.3) is 10.9 Å². The molecule has 0 fully saturated rings. The van der Waals surface area contributed by atoms with E-state index in [2.05, 4.69) is 4.98 Å². The van der Waals surface area contributed by atoms with E-state index in [-0.39, 0.29) is 11.4 Å². The quantitative estimate of drug-likeness (QED) is 0.511. The number of aromatic amines is 1. The molecule has 8 heteroatoms. The molecule has 0 saturated carbocycles. The van der Waals surface area contributed by atoms with Crippen LogP contribution < -0.4 is 4.74 Å². The van der Waals surface area contributed by atoms with E-state index < -0.39 is 35.9 Å². The van der Waals surface area contributed by atoms with Crippen molar-refractivity contribution in [3.8, 4) is 11.8 Å². The summed E-state index contributed by atoms with van der Waals surface area (Å²) in [5.74, 6) is -0.457. The molecule has 31 heavy (non-hydrogen) atoms. The summed E-state index contributed by atoms with van der Waals surface area (Å²) in [6.07, 6.45) is -6.31. The van der Waals surface area contributed by atoms with Crippen LogP contribution in [0.4, 0.5) is 17.6 Å². The molecule has 0 saturated heterocycles. The highest BCUT2D eigenvalue weighted by atomic mass is 19.4. The van der Waals surface area contributed by atoms with E-state index in [9.17, 15) is 22.7 Å². The molecule has 1 unspecified atom stereocenters. The van der Waals surface area contributed by atoms with Crippen LogP contribution in [0.15, 0.2) is 42.5 Å². The van der Waals surface area contributed by atoms with Crippen LogP contribution >= 0.6 is 0 Å². The first-order valence-corrected chi connectivity index (χ1v) is 9.53. The Morgan fingerprint density at radius 1 is 1.10 bits per heavy atom. The van der Waals surface area contributed by atoms with Gasteiger partial charge in [0, 0.05) is 34.6 Å². The maximum absolute atomic E-state index is 14.1. The SMILES string of the molecule is COc1cc(F)ccc1C(C)(C)CC(O)(Cc1cc2cc(C#N)ccc2[nH]1)C(F)(F)F. The minimum Gasteiger partial charge on any atom is -0.496 e. The second-order valence-electron chi connectivity index (χ2n) is 8.32. The molecule has 0 bridgehead atoms. The van der Waals surface area contributed by atoms with Gasteiger partial charge in [0.05, 0.1) is 18.7 Å². The average Bonchev–Trinajstić information content (AvgIpc) is 3.07. The van der Waals surface area contributed by atoms with Crippen LogP contribution in [0.1, 0.15) is 37.1 Å². The number of hydrogen-bond acceptors (Lipinski definition) is 3. The van der Waals surface area contributed by atoms with Gasteiger partial charge in [-0.05, 0) is 42.2 Å². The molecule has 4 nitrogen and oxygen atoms in total. The summed E-state index contributed by atoms with van der Waals surface area (Å²) in [7, 11) is 1.31. The number of aromatic nitrogens is 1. The maximum atomic E-state index is 14.1. The lowest BCUT2D eigenvalue weighted by Crippen LogP contribution is -2.51. The number of halogens is 4. The first kappa shape index (κ1) is 22.6. The average molecular weight is 434 g/mol. The Balaban J connectivity index is 1.99. The Hall–Kier alpha value is -3.05. The van der Waals surface area contributed by atoms with Crippen LogP contribution in [0, 0.1) is 17.1 Å². The molecule has 2 aromatic carbocycles. The number of nitrogens with one attached hydrogen (secondary N) is 1. The van der Waals surface area contributed by atoms with Crippen molar-refractivity contribution in [2.24, 2.45) is 0 Å². The van der Waals surface area contributed by atoms with Gasteiger partial charge in [0.25, 0.3) is 0 Å². The number of H-pyrrole nitrogens is 1. The molecule has 0 aliphatic carbocycles. The lowest BCUT2D eigenvalue weighted by molar-refractivity contribution is -0.266. The number of methoxy groups -OCH3 is 1. The van der Waals surface area contributed by atoms with E-state index in [0.29, 0.717) is 22.0 Å². The number of nitriles is 1. The van der Waals surface area contributed by atoms with Gasteiger partial charge in [-0.25, -0.2) is 4.39 Å². The zero-order chi connectivity index (χ0) is 23.0. The molecule has 3 rings (SSSR count). The Morgan fingerprint density at radius 3 is 2.42 bits per heavy atom. The summed E-state index contributed by atoms with van der Waals surface area (Å²) >= 11 is 0. The molecule has 0 aliphatic heterocycles. The van der Waals surface area contributed by atoms with Crippen molar-refractivity contribution in [2.75, 3.05) is 7.11 Å². The van der Waals surface area contributed by atoms with Gasteiger partial charge >= 0.3 is 6.18 Å². The summed E-state index contributed by atoms with van der Waals surface area (Å²) in [6.45, 7) is 3.09. The predicted molar refractivity (Wildman–Crippen MR) is 108 cm³/mol. The molecule has 0 amide bonds. The lowest BCUT2D eigenvalue weighted by atomic mass is 9.73. The molecule has 164 valence electrons. The number of benzene rings is 2. The van der Waals surface area contributed by atoms with Crippen molar-refractivity contribution in [3.63, 3.8) is 0 Å². The summed E-state index contributed by atoms with van der Waals surface area (Å²) in [5, 5.41) is 20.4. The zero-order valence-corrected chi connectivity index (χ0v) is 17.3. The number of ether oxygens (including phenoxy) is 1. The number of nitrogens with zero attached hydrogens (tertiary/aromatic N) is 1. The normalized spacial score (nSPS) is 14.3. The van der Waals surface area contributed by atoms with Crippen molar-refractivity contribution in [1.82, 2.24) is 4.98 Å². The second-order valence-corrected chi connectivity index (χ2v) is 8.32.